The lowest BCUT2D eigenvalue weighted by Crippen LogP contribution is -2.52. The van der Waals surface area contributed by atoms with Crippen molar-refractivity contribution in [2.75, 3.05) is 46.8 Å². The Labute approximate surface area is 136 Å². The van der Waals surface area contributed by atoms with Crippen LogP contribution in [0.2, 0.25) is 0 Å². The van der Waals surface area contributed by atoms with E-state index in [1.165, 1.54) is 45.6 Å². The third-order valence-corrected chi connectivity index (χ3v) is 6.16. The van der Waals surface area contributed by atoms with E-state index in [0.29, 0.717) is 11.8 Å². The summed E-state index contributed by atoms with van der Waals surface area (Å²) in [6.45, 7) is 12.4. The van der Waals surface area contributed by atoms with Crippen molar-refractivity contribution in [1.29, 1.82) is 0 Å². The standard InChI is InChI=1S/C18H35N3O/c1-6-20-11-13-21(14-12-20)16-9-7-15(8-10-16)17(22)18(2,3)19(4)5/h15-16H,6-14H2,1-5H3. The van der Waals surface area contributed by atoms with Crippen LogP contribution in [-0.4, -0.2) is 78.9 Å². The van der Waals surface area contributed by atoms with Gasteiger partial charge in [-0.05, 0) is 60.2 Å². The van der Waals surface area contributed by atoms with Gasteiger partial charge in [0.2, 0.25) is 0 Å². The van der Waals surface area contributed by atoms with Gasteiger partial charge in [-0.2, -0.15) is 0 Å². The first kappa shape index (κ1) is 17.9. The van der Waals surface area contributed by atoms with Gasteiger partial charge in [0, 0.05) is 38.1 Å². The number of carbonyl (C=O) groups excluding carboxylic acids is 1. The molecule has 0 aromatic carbocycles. The Morgan fingerprint density at radius 2 is 1.59 bits per heavy atom. The molecule has 1 heterocycles. The molecule has 22 heavy (non-hydrogen) atoms. The van der Waals surface area contributed by atoms with Gasteiger partial charge in [-0.15, -0.1) is 0 Å². The maximum absolute atomic E-state index is 12.8. The first-order chi connectivity index (χ1) is 10.4. The lowest BCUT2D eigenvalue weighted by Gasteiger charge is -2.43. The Morgan fingerprint density at radius 3 is 2.05 bits per heavy atom. The van der Waals surface area contributed by atoms with Gasteiger partial charge >= 0.3 is 0 Å². The van der Waals surface area contributed by atoms with Gasteiger partial charge < -0.3 is 4.90 Å². The van der Waals surface area contributed by atoms with Crippen LogP contribution >= 0.6 is 0 Å². The maximum Gasteiger partial charge on any atom is 0.155 e. The van der Waals surface area contributed by atoms with Crippen molar-refractivity contribution in [2.45, 2.75) is 58.0 Å². The average molecular weight is 309 g/mol. The monoisotopic (exact) mass is 309 g/mol. The minimum atomic E-state index is -0.329. The molecule has 0 atom stereocenters. The Bertz CT molecular complexity index is 365. The third-order valence-electron chi connectivity index (χ3n) is 6.16. The molecule has 2 rings (SSSR count). The van der Waals surface area contributed by atoms with Crippen molar-refractivity contribution in [3.05, 3.63) is 0 Å². The Balaban J connectivity index is 1.82. The van der Waals surface area contributed by atoms with E-state index in [-0.39, 0.29) is 11.5 Å². The Morgan fingerprint density at radius 1 is 1.05 bits per heavy atom. The van der Waals surface area contributed by atoms with Crippen molar-refractivity contribution in [1.82, 2.24) is 14.7 Å². The van der Waals surface area contributed by atoms with Gasteiger partial charge in [0.05, 0.1) is 5.54 Å². The fourth-order valence-corrected chi connectivity index (χ4v) is 3.87. The van der Waals surface area contributed by atoms with Crippen molar-refractivity contribution >= 4 is 5.78 Å². The quantitative estimate of drug-likeness (QED) is 0.777. The topological polar surface area (TPSA) is 26.8 Å². The van der Waals surface area contributed by atoms with Crippen LogP contribution in [0.5, 0.6) is 0 Å². The maximum atomic E-state index is 12.8. The second kappa shape index (κ2) is 7.41. The van der Waals surface area contributed by atoms with Gasteiger partial charge in [0.1, 0.15) is 0 Å². The molecule has 1 aliphatic carbocycles. The summed E-state index contributed by atoms with van der Waals surface area (Å²) in [4.78, 5) is 20.0. The zero-order chi connectivity index (χ0) is 16.3. The second-order valence-corrected chi connectivity index (χ2v) is 7.79. The van der Waals surface area contributed by atoms with E-state index in [4.69, 9.17) is 0 Å². The van der Waals surface area contributed by atoms with Crippen molar-refractivity contribution in [2.24, 2.45) is 5.92 Å². The van der Waals surface area contributed by atoms with Crippen LogP contribution in [0, 0.1) is 5.92 Å². The van der Waals surface area contributed by atoms with Crippen LogP contribution in [-0.2, 0) is 4.79 Å². The van der Waals surface area contributed by atoms with Crippen molar-refractivity contribution in [3.8, 4) is 0 Å². The molecule has 0 unspecified atom stereocenters. The molecule has 0 N–H and O–H groups in total. The number of hydrogen-bond acceptors (Lipinski definition) is 4. The molecule has 1 aliphatic heterocycles. The van der Waals surface area contributed by atoms with Crippen LogP contribution in [0.25, 0.3) is 0 Å². The fraction of sp³-hybridized carbons (Fsp3) is 0.944. The minimum absolute atomic E-state index is 0.269. The average Bonchev–Trinajstić information content (AvgIpc) is 2.54. The highest BCUT2D eigenvalue weighted by Gasteiger charge is 2.38. The number of Topliss-reactive ketones (excluding diaryl/α,β-unsaturated/α-hetero) is 1. The van der Waals surface area contributed by atoms with E-state index < -0.39 is 0 Å². The first-order valence-corrected chi connectivity index (χ1v) is 9.04. The number of carbonyl (C=O) groups is 1. The second-order valence-electron chi connectivity index (χ2n) is 7.79. The van der Waals surface area contributed by atoms with E-state index >= 15 is 0 Å². The predicted octanol–water partition coefficient (Wildman–Crippen LogP) is 2.09. The van der Waals surface area contributed by atoms with Crippen molar-refractivity contribution in [3.63, 3.8) is 0 Å². The molecular formula is C18H35N3O. The minimum Gasteiger partial charge on any atom is -0.301 e. The molecule has 2 aliphatic rings. The fourth-order valence-electron chi connectivity index (χ4n) is 3.87. The number of nitrogens with zero attached hydrogens (tertiary/aromatic N) is 3. The van der Waals surface area contributed by atoms with E-state index in [0.717, 1.165) is 12.8 Å². The molecule has 0 aromatic heterocycles. The van der Waals surface area contributed by atoms with Crippen LogP contribution < -0.4 is 0 Å². The van der Waals surface area contributed by atoms with Crippen LogP contribution in [0.4, 0.5) is 0 Å². The molecule has 4 heteroatoms. The lowest BCUT2D eigenvalue weighted by atomic mass is 9.77. The van der Waals surface area contributed by atoms with Gasteiger partial charge in [0.15, 0.2) is 5.78 Å². The lowest BCUT2D eigenvalue weighted by molar-refractivity contribution is -0.133. The number of ketones is 1. The van der Waals surface area contributed by atoms with Crippen LogP contribution in [0.3, 0.4) is 0 Å². The summed E-state index contributed by atoms with van der Waals surface area (Å²) in [6.07, 6.45) is 4.56. The molecule has 0 spiro atoms. The highest BCUT2D eigenvalue weighted by atomic mass is 16.1. The molecule has 4 nitrogen and oxygen atoms in total. The SMILES string of the molecule is CCN1CCN(C2CCC(C(=O)C(C)(C)N(C)C)CC2)CC1. The van der Waals surface area contributed by atoms with Crippen molar-refractivity contribution < 1.29 is 4.79 Å². The summed E-state index contributed by atoms with van der Waals surface area (Å²) in [5, 5.41) is 0. The number of hydrogen-bond donors (Lipinski definition) is 0. The summed E-state index contributed by atoms with van der Waals surface area (Å²) < 4.78 is 0. The summed E-state index contributed by atoms with van der Waals surface area (Å²) in [7, 11) is 4.02. The molecule has 0 bridgehead atoms. The molecule has 2 fully saturated rings. The Hall–Kier alpha value is -0.450. The highest BCUT2D eigenvalue weighted by molar-refractivity contribution is 5.89. The number of piperazine rings is 1. The zero-order valence-corrected chi connectivity index (χ0v) is 15.3. The molecular weight excluding hydrogens is 274 g/mol. The predicted molar refractivity (Wildman–Crippen MR) is 92.2 cm³/mol. The van der Waals surface area contributed by atoms with E-state index in [2.05, 4.69) is 35.5 Å². The molecule has 0 amide bonds. The van der Waals surface area contributed by atoms with Gasteiger partial charge in [0.25, 0.3) is 0 Å². The zero-order valence-electron chi connectivity index (χ0n) is 15.3. The Kier molecular flexibility index (Phi) is 6.03. The smallest absolute Gasteiger partial charge is 0.155 e. The van der Waals surface area contributed by atoms with E-state index in [9.17, 15) is 4.79 Å². The summed E-state index contributed by atoms with van der Waals surface area (Å²) in [5.41, 5.74) is -0.329. The van der Waals surface area contributed by atoms with E-state index in [1.807, 2.05) is 14.1 Å². The van der Waals surface area contributed by atoms with Gasteiger partial charge in [-0.25, -0.2) is 0 Å². The van der Waals surface area contributed by atoms with E-state index in [1.54, 1.807) is 0 Å². The normalized spacial score (nSPS) is 29.0. The summed E-state index contributed by atoms with van der Waals surface area (Å²) >= 11 is 0. The molecule has 0 radical (unpaired) electrons. The summed E-state index contributed by atoms with van der Waals surface area (Å²) in [5.74, 6) is 0.706. The first-order valence-electron chi connectivity index (χ1n) is 9.04. The van der Waals surface area contributed by atoms with Gasteiger partial charge in [-0.1, -0.05) is 6.92 Å². The third kappa shape index (κ3) is 3.90. The van der Waals surface area contributed by atoms with Crippen LogP contribution in [0.15, 0.2) is 0 Å². The highest BCUT2D eigenvalue weighted by Crippen LogP contribution is 2.32. The number of rotatable bonds is 5. The number of likely N-dealkylation sites (N-methyl/N-ethyl adjacent to an activating group) is 2. The molecule has 128 valence electrons. The van der Waals surface area contributed by atoms with Crippen LogP contribution in [0.1, 0.15) is 46.5 Å². The van der Waals surface area contributed by atoms with Gasteiger partial charge in [-0.3, -0.25) is 14.6 Å². The molecule has 1 saturated heterocycles. The largest absolute Gasteiger partial charge is 0.301 e. The summed E-state index contributed by atoms with van der Waals surface area (Å²) in [6, 6.07) is 0.713. The molecule has 0 aromatic rings. The molecule has 1 saturated carbocycles.